The number of thiazole rings is 1. The molecule has 0 spiro atoms. The monoisotopic (exact) mass is 545 g/mol. The number of allylic oxidation sites excluding steroid dienone is 1. The van der Waals surface area contributed by atoms with Crippen LogP contribution >= 0.6 is 11.3 Å². The zero-order valence-corrected chi connectivity index (χ0v) is 22.8. The smallest absolute Gasteiger partial charge is 0.338 e. The second-order valence-electron chi connectivity index (χ2n) is 8.83. The number of carbonyl (C=O) groups excluding carboxylic acids is 2. The van der Waals surface area contributed by atoms with E-state index in [-0.39, 0.29) is 22.6 Å². The third-order valence-corrected chi connectivity index (χ3v) is 7.73. The number of hydrogen-bond donors (Lipinski definition) is 0. The number of anilines is 1. The van der Waals surface area contributed by atoms with E-state index >= 15 is 0 Å². The Morgan fingerprint density at radius 2 is 1.87 bits per heavy atom. The van der Waals surface area contributed by atoms with E-state index in [4.69, 9.17) is 14.2 Å². The van der Waals surface area contributed by atoms with Gasteiger partial charge in [-0.25, -0.2) is 9.79 Å². The summed E-state index contributed by atoms with van der Waals surface area (Å²) < 4.78 is 18.0. The first-order valence-electron chi connectivity index (χ1n) is 12.3. The maximum atomic E-state index is 14.2. The second-order valence-corrected chi connectivity index (χ2v) is 9.81. The Labute approximate surface area is 228 Å². The second kappa shape index (κ2) is 10.4. The van der Waals surface area contributed by atoms with Crippen LogP contribution < -0.4 is 29.3 Å². The van der Waals surface area contributed by atoms with Gasteiger partial charge < -0.3 is 19.1 Å². The lowest BCUT2D eigenvalue weighted by molar-refractivity contribution is -0.139. The Hall–Kier alpha value is -4.44. The molecule has 3 heterocycles. The van der Waals surface area contributed by atoms with Crippen molar-refractivity contribution in [2.75, 3.05) is 32.3 Å². The third kappa shape index (κ3) is 4.17. The number of aromatic nitrogens is 1. The summed E-state index contributed by atoms with van der Waals surface area (Å²) in [6, 6.07) is 11.7. The summed E-state index contributed by atoms with van der Waals surface area (Å²) in [5.74, 6) is 0.0868. The average molecular weight is 546 g/mol. The maximum absolute atomic E-state index is 14.2. The van der Waals surface area contributed by atoms with Gasteiger partial charge in [0.15, 0.2) is 16.3 Å². The van der Waals surface area contributed by atoms with Crippen LogP contribution in [0.5, 0.6) is 11.5 Å². The molecule has 1 aromatic heterocycles. The highest BCUT2D eigenvalue weighted by molar-refractivity contribution is 7.07. The molecule has 0 radical (unpaired) electrons. The van der Waals surface area contributed by atoms with E-state index in [2.05, 4.69) is 11.6 Å². The zero-order chi connectivity index (χ0) is 27.8. The van der Waals surface area contributed by atoms with Crippen LogP contribution in [-0.2, 0) is 14.3 Å². The molecule has 0 fully saturated rings. The number of rotatable bonds is 7. The Balaban J connectivity index is 1.82. The normalized spacial score (nSPS) is 17.4. The van der Waals surface area contributed by atoms with Gasteiger partial charge in [-0.1, -0.05) is 41.7 Å². The van der Waals surface area contributed by atoms with Crippen LogP contribution in [0.4, 0.5) is 5.69 Å². The molecule has 0 N–H and O–H groups in total. The number of amides is 1. The van der Waals surface area contributed by atoms with Crippen LogP contribution in [0.25, 0.3) is 5.57 Å². The first-order valence-corrected chi connectivity index (χ1v) is 13.1. The zero-order valence-electron chi connectivity index (χ0n) is 22.0. The molecule has 9 nitrogen and oxygen atoms in total. The van der Waals surface area contributed by atoms with Crippen molar-refractivity contribution in [3.8, 4) is 11.5 Å². The Morgan fingerprint density at radius 1 is 1.13 bits per heavy atom. The summed E-state index contributed by atoms with van der Waals surface area (Å²) in [5, 5.41) is 0. The van der Waals surface area contributed by atoms with Gasteiger partial charge in [0.25, 0.3) is 11.5 Å². The van der Waals surface area contributed by atoms with Crippen LogP contribution in [-0.4, -0.2) is 43.8 Å². The number of para-hydroxylation sites is 1. The van der Waals surface area contributed by atoms with Crippen LogP contribution in [0.1, 0.15) is 31.0 Å². The molecule has 0 aliphatic carbocycles. The van der Waals surface area contributed by atoms with Crippen LogP contribution in [0.15, 0.2) is 76.2 Å². The predicted molar refractivity (Wildman–Crippen MR) is 148 cm³/mol. The molecule has 10 heteroatoms. The van der Waals surface area contributed by atoms with Gasteiger partial charge in [-0.3, -0.25) is 14.2 Å². The van der Waals surface area contributed by atoms with Crippen LogP contribution in [0.3, 0.4) is 0 Å². The van der Waals surface area contributed by atoms with Gasteiger partial charge >= 0.3 is 5.97 Å². The lowest BCUT2D eigenvalue weighted by atomic mass is 9.95. The van der Waals surface area contributed by atoms with E-state index in [0.29, 0.717) is 50.9 Å². The van der Waals surface area contributed by atoms with Gasteiger partial charge in [0.2, 0.25) is 0 Å². The van der Waals surface area contributed by atoms with Crippen molar-refractivity contribution in [3.63, 3.8) is 0 Å². The molecule has 2 aliphatic heterocycles. The summed E-state index contributed by atoms with van der Waals surface area (Å²) in [6.45, 7) is 7.66. The average Bonchev–Trinajstić information content (AvgIpc) is 3.40. The van der Waals surface area contributed by atoms with E-state index in [9.17, 15) is 14.4 Å². The fourth-order valence-corrected chi connectivity index (χ4v) is 6.13. The third-order valence-electron chi connectivity index (χ3n) is 6.68. The van der Waals surface area contributed by atoms with E-state index in [1.165, 1.54) is 18.8 Å². The number of benzene rings is 2. The minimum absolute atomic E-state index is 0.160. The molecule has 1 amide bonds. The molecule has 0 bridgehead atoms. The highest BCUT2D eigenvalue weighted by Crippen LogP contribution is 2.37. The highest BCUT2D eigenvalue weighted by atomic mass is 32.1. The van der Waals surface area contributed by atoms with E-state index in [1.807, 2.05) is 24.3 Å². The molecule has 1 atom stereocenters. The maximum Gasteiger partial charge on any atom is 0.338 e. The quantitative estimate of drug-likeness (QED) is 0.335. The lowest BCUT2D eigenvalue weighted by Gasteiger charge is -2.25. The van der Waals surface area contributed by atoms with Gasteiger partial charge in [-0.15, -0.1) is 6.58 Å². The summed E-state index contributed by atoms with van der Waals surface area (Å²) >= 11 is 1.12. The van der Waals surface area contributed by atoms with Crippen molar-refractivity contribution in [3.05, 3.63) is 97.2 Å². The number of esters is 1. The van der Waals surface area contributed by atoms with Crippen molar-refractivity contribution in [1.82, 2.24) is 4.57 Å². The number of methoxy groups -OCH3 is 2. The van der Waals surface area contributed by atoms with Gasteiger partial charge in [0.1, 0.15) is 4.53 Å². The molecule has 3 aromatic rings. The van der Waals surface area contributed by atoms with E-state index < -0.39 is 17.6 Å². The summed E-state index contributed by atoms with van der Waals surface area (Å²) in [5.41, 5.74) is 2.53. The number of ether oxygens (including phenoxy) is 3. The Kier molecular flexibility index (Phi) is 6.96. The SMILES string of the molecule is C=CCN1C(=O)C(=c2sc3n(c2=O)[C@@H](c2ccc(OC)c(OC)c2)C(C(=O)OCC)=C(C)N=3)c2ccccc21. The fraction of sp³-hybridized carbons (Fsp3) is 0.241. The molecule has 0 saturated carbocycles. The van der Waals surface area contributed by atoms with Crippen molar-refractivity contribution in [2.24, 2.45) is 4.99 Å². The van der Waals surface area contributed by atoms with Gasteiger partial charge in [-0.05, 0) is 37.6 Å². The topological polar surface area (TPSA) is 99.4 Å². The summed E-state index contributed by atoms with van der Waals surface area (Å²) in [6.07, 6.45) is 1.64. The van der Waals surface area contributed by atoms with Gasteiger partial charge in [0.05, 0.1) is 49.4 Å². The number of hydrogen-bond acceptors (Lipinski definition) is 8. The highest BCUT2D eigenvalue weighted by Gasteiger charge is 2.37. The minimum atomic E-state index is -0.856. The minimum Gasteiger partial charge on any atom is -0.493 e. The first-order chi connectivity index (χ1) is 18.9. The van der Waals surface area contributed by atoms with Crippen LogP contribution in [0.2, 0.25) is 0 Å². The molecule has 200 valence electrons. The lowest BCUT2D eigenvalue weighted by Crippen LogP contribution is -2.41. The number of fused-ring (bicyclic) bond motifs is 2. The van der Waals surface area contributed by atoms with E-state index in [0.717, 1.165) is 11.3 Å². The fourth-order valence-electron chi connectivity index (χ4n) is 4.99. The van der Waals surface area contributed by atoms with Crippen molar-refractivity contribution >= 4 is 34.5 Å². The molecule has 5 rings (SSSR count). The molecule has 0 unspecified atom stereocenters. The van der Waals surface area contributed by atoms with Gasteiger partial charge in [-0.2, -0.15) is 0 Å². The summed E-state index contributed by atoms with van der Waals surface area (Å²) in [4.78, 5) is 47.6. The molecule has 39 heavy (non-hydrogen) atoms. The molecular weight excluding hydrogens is 518 g/mol. The Morgan fingerprint density at radius 3 is 2.56 bits per heavy atom. The van der Waals surface area contributed by atoms with E-state index in [1.54, 1.807) is 43.0 Å². The molecule has 0 saturated heterocycles. The van der Waals surface area contributed by atoms with Gasteiger partial charge in [0, 0.05) is 12.1 Å². The molecule has 2 aliphatic rings. The van der Waals surface area contributed by atoms with Crippen molar-refractivity contribution < 1.29 is 23.8 Å². The Bertz CT molecular complexity index is 1730. The van der Waals surface area contributed by atoms with Crippen molar-refractivity contribution in [1.29, 1.82) is 0 Å². The standard InChI is InChI=1S/C29H27N3O6S/c1-6-14-31-19-11-9-8-10-18(19)23(26(31)33)25-27(34)32-24(17-12-13-20(36-4)21(15-17)37-5)22(28(35)38-7-2)16(3)30-29(32)39-25/h6,8-13,15,24H,1,7,14H2,2-5H3/t24-/m0/s1. The first kappa shape index (κ1) is 26.2. The van der Waals surface area contributed by atoms with Crippen LogP contribution in [0, 0.1) is 0 Å². The summed E-state index contributed by atoms with van der Waals surface area (Å²) in [7, 11) is 3.04. The number of carbonyl (C=O) groups is 2. The number of nitrogens with zero attached hydrogens (tertiary/aromatic N) is 3. The largest absolute Gasteiger partial charge is 0.493 e. The molecular formula is C29H27N3O6S. The molecule has 2 aromatic carbocycles. The predicted octanol–water partition coefficient (Wildman–Crippen LogP) is 2.72. The van der Waals surface area contributed by atoms with Crippen molar-refractivity contribution in [2.45, 2.75) is 19.9 Å².